The maximum absolute atomic E-state index is 12.2. The first kappa shape index (κ1) is 31.1. The zero-order valence-electron chi connectivity index (χ0n) is 25.6. The molecule has 5 aromatic rings. The molecule has 1 aromatic carbocycles. The number of anilines is 1. The third kappa shape index (κ3) is 6.59. The van der Waals surface area contributed by atoms with Crippen LogP contribution in [0.5, 0.6) is 0 Å². The van der Waals surface area contributed by atoms with Gasteiger partial charge in [-0.15, -0.1) is 0 Å². The summed E-state index contributed by atoms with van der Waals surface area (Å²) in [5, 5.41) is 12.9. The number of fused-ring (bicyclic) bond motifs is 2. The summed E-state index contributed by atoms with van der Waals surface area (Å²) in [6.07, 6.45) is 11.9. The number of primary amides is 1. The fourth-order valence-electron chi connectivity index (χ4n) is 5.61. The molecule has 1 saturated heterocycles. The van der Waals surface area contributed by atoms with Crippen molar-refractivity contribution in [2.24, 2.45) is 5.73 Å². The minimum atomic E-state index is -0.574. The second kappa shape index (κ2) is 14.4. The molecule has 232 valence electrons. The quantitative estimate of drug-likeness (QED) is 0.277. The molecule has 1 saturated carbocycles. The van der Waals surface area contributed by atoms with Gasteiger partial charge in [0.05, 0.1) is 23.7 Å². The number of rotatable bonds is 7. The highest BCUT2D eigenvalue weighted by molar-refractivity contribution is 5.95. The van der Waals surface area contributed by atoms with Gasteiger partial charge in [-0.05, 0) is 55.9 Å². The van der Waals surface area contributed by atoms with Crippen molar-refractivity contribution in [3.05, 3.63) is 78.4 Å². The molecule has 5 heterocycles. The molecule has 0 atom stereocenters. The van der Waals surface area contributed by atoms with Crippen LogP contribution < -0.4 is 10.6 Å². The number of hydrogen-bond donors (Lipinski definition) is 2. The molecule has 1 aliphatic heterocycles. The van der Waals surface area contributed by atoms with Crippen molar-refractivity contribution in [3.8, 4) is 11.3 Å². The lowest BCUT2D eigenvalue weighted by Crippen LogP contribution is -2.20. The van der Waals surface area contributed by atoms with Gasteiger partial charge in [0.15, 0.2) is 5.65 Å². The van der Waals surface area contributed by atoms with Gasteiger partial charge in [0, 0.05) is 70.4 Å². The number of hydrogen-bond acceptors (Lipinski definition) is 8. The molecule has 0 unspecified atom stereocenters. The van der Waals surface area contributed by atoms with E-state index >= 15 is 0 Å². The fourth-order valence-corrected chi connectivity index (χ4v) is 5.61. The Morgan fingerprint density at radius 2 is 1.82 bits per heavy atom. The number of methoxy groups -OCH3 is 1. The van der Waals surface area contributed by atoms with Gasteiger partial charge in [0.25, 0.3) is 5.91 Å². The van der Waals surface area contributed by atoms with Gasteiger partial charge in [-0.1, -0.05) is 30.3 Å². The van der Waals surface area contributed by atoms with Crippen molar-refractivity contribution in [3.63, 3.8) is 0 Å². The number of ether oxygens (including phenoxy) is 2. The van der Waals surface area contributed by atoms with Crippen LogP contribution in [0, 0.1) is 0 Å². The van der Waals surface area contributed by atoms with E-state index in [1.54, 1.807) is 11.6 Å². The summed E-state index contributed by atoms with van der Waals surface area (Å²) in [6, 6.07) is 16.6. The molecule has 1 amide bonds. The molecular weight excluding hydrogens is 558 g/mol. The van der Waals surface area contributed by atoms with Crippen LogP contribution in [0.4, 0.5) is 5.69 Å². The first-order valence-electron chi connectivity index (χ1n) is 15.0. The zero-order valence-corrected chi connectivity index (χ0v) is 25.6. The van der Waals surface area contributed by atoms with E-state index in [0.717, 1.165) is 61.1 Å². The highest BCUT2D eigenvalue weighted by Crippen LogP contribution is 2.35. The Bertz CT molecular complexity index is 1670. The van der Waals surface area contributed by atoms with E-state index in [0.29, 0.717) is 24.3 Å². The Hall–Kier alpha value is -4.32. The molecule has 44 heavy (non-hydrogen) atoms. The standard InChI is InChI=1S/C27H27N7O2.C5H10O.CH4O/c1-32(16-18-6-3-2-4-7-18)23-14-22(31-34-24(25(28)35)15-30-27(23)34)21-17-33(19-9-12-36-13-10-19)26-20(21)8-5-11-29-26;1-6-5-3-2-4-5;1-2/h2-8,11,14-15,17,19H,9-10,12-13,16H2,1H3,(H2,28,35);5H,2-4H2,1H3;2H,1H3. The van der Waals surface area contributed by atoms with Crippen LogP contribution in [0.25, 0.3) is 27.9 Å². The van der Waals surface area contributed by atoms with Crippen molar-refractivity contribution in [2.75, 3.05) is 39.4 Å². The maximum atomic E-state index is 12.2. The Morgan fingerprint density at radius 1 is 1.07 bits per heavy atom. The summed E-state index contributed by atoms with van der Waals surface area (Å²) in [7, 11) is 4.79. The molecule has 0 spiro atoms. The lowest BCUT2D eigenvalue weighted by molar-refractivity contribution is 0.0412. The second-order valence-electron chi connectivity index (χ2n) is 11.0. The highest BCUT2D eigenvalue weighted by Gasteiger charge is 2.23. The number of nitrogens with zero attached hydrogens (tertiary/aromatic N) is 6. The molecule has 4 aromatic heterocycles. The lowest BCUT2D eigenvalue weighted by atomic mass is 9.96. The van der Waals surface area contributed by atoms with E-state index in [4.69, 9.17) is 30.4 Å². The number of pyridine rings is 1. The van der Waals surface area contributed by atoms with E-state index in [9.17, 15) is 4.79 Å². The predicted molar refractivity (Wildman–Crippen MR) is 171 cm³/mol. The topological polar surface area (TPSA) is 133 Å². The molecule has 7 rings (SSSR count). The van der Waals surface area contributed by atoms with E-state index in [1.807, 2.05) is 43.6 Å². The molecule has 3 N–H and O–H groups in total. The summed E-state index contributed by atoms with van der Waals surface area (Å²) in [4.78, 5) is 23.5. The lowest BCUT2D eigenvalue weighted by Gasteiger charge is -2.24. The fraction of sp³-hybridized carbons (Fsp3) is 0.394. The SMILES string of the molecule is CN(Cc1ccccc1)c1cc(-c2cn(C3CCOCC3)c3ncccc23)nn2c(C(N)=O)cnc12.CO.COC1CCC1. The van der Waals surface area contributed by atoms with Crippen LogP contribution in [0.1, 0.15) is 54.2 Å². The number of aliphatic hydroxyl groups excluding tert-OH is 1. The number of aromatic nitrogens is 5. The summed E-state index contributed by atoms with van der Waals surface area (Å²) < 4.78 is 14.4. The molecule has 1 aliphatic carbocycles. The number of aliphatic hydroxyl groups is 1. The minimum absolute atomic E-state index is 0.243. The van der Waals surface area contributed by atoms with Crippen molar-refractivity contribution in [1.82, 2.24) is 24.1 Å². The normalized spacial score (nSPS) is 15.2. The van der Waals surface area contributed by atoms with Gasteiger partial charge in [0.1, 0.15) is 11.3 Å². The van der Waals surface area contributed by atoms with Gasteiger partial charge >= 0.3 is 0 Å². The van der Waals surface area contributed by atoms with E-state index in [1.165, 1.54) is 31.0 Å². The van der Waals surface area contributed by atoms with Gasteiger partial charge in [-0.3, -0.25) is 4.79 Å². The number of carbonyl (C=O) groups is 1. The number of benzene rings is 1. The summed E-state index contributed by atoms with van der Waals surface area (Å²) in [5.41, 5.74) is 11.1. The summed E-state index contributed by atoms with van der Waals surface area (Å²) >= 11 is 0. The van der Waals surface area contributed by atoms with Crippen LogP contribution in [-0.2, 0) is 16.0 Å². The molecule has 11 heteroatoms. The Labute approximate surface area is 257 Å². The van der Waals surface area contributed by atoms with Gasteiger partial charge in [-0.25, -0.2) is 14.5 Å². The minimum Gasteiger partial charge on any atom is -0.400 e. The summed E-state index contributed by atoms with van der Waals surface area (Å²) in [5.74, 6) is -0.574. The predicted octanol–water partition coefficient (Wildman–Crippen LogP) is 4.63. The first-order valence-corrected chi connectivity index (χ1v) is 15.0. The Kier molecular flexibility index (Phi) is 10.2. The average Bonchev–Trinajstić information content (AvgIpc) is 3.65. The van der Waals surface area contributed by atoms with Gasteiger partial charge in [0.2, 0.25) is 0 Å². The summed E-state index contributed by atoms with van der Waals surface area (Å²) in [6.45, 7) is 2.15. The molecule has 0 bridgehead atoms. The van der Waals surface area contributed by atoms with E-state index in [-0.39, 0.29) is 5.69 Å². The van der Waals surface area contributed by atoms with E-state index in [2.05, 4.69) is 38.8 Å². The Morgan fingerprint density at radius 3 is 2.45 bits per heavy atom. The van der Waals surface area contributed by atoms with Crippen molar-refractivity contribution in [2.45, 2.75) is 50.8 Å². The van der Waals surface area contributed by atoms with Crippen molar-refractivity contribution >= 4 is 28.3 Å². The first-order chi connectivity index (χ1) is 21.5. The third-order valence-corrected chi connectivity index (χ3v) is 8.21. The molecule has 2 fully saturated rings. The van der Waals surface area contributed by atoms with Crippen molar-refractivity contribution in [1.29, 1.82) is 0 Å². The maximum Gasteiger partial charge on any atom is 0.269 e. The Balaban J connectivity index is 0.000000425. The number of imidazole rings is 1. The van der Waals surface area contributed by atoms with Crippen molar-refractivity contribution < 1.29 is 19.4 Å². The number of nitrogens with two attached hydrogens (primary N) is 1. The highest BCUT2D eigenvalue weighted by atomic mass is 16.5. The third-order valence-electron chi connectivity index (χ3n) is 8.21. The average molecular weight is 600 g/mol. The van der Waals surface area contributed by atoms with Gasteiger partial charge < -0.3 is 29.8 Å². The molecular formula is C33H41N7O4. The molecule has 0 radical (unpaired) electrons. The smallest absolute Gasteiger partial charge is 0.269 e. The van der Waals surface area contributed by atoms with Crippen LogP contribution in [-0.4, -0.2) is 75.7 Å². The van der Waals surface area contributed by atoms with Crippen LogP contribution >= 0.6 is 0 Å². The van der Waals surface area contributed by atoms with E-state index < -0.39 is 5.91 Å². The number of amides is 1. The molecule has 2 aliphatic rings. The second-order valence-corrected chi connectivity index (χ2v) is 11.0. The van der Waals surface area contributed by atoms with Crippen LogP contribution in [0.15, 0.2) is 67.1 Å². The monoisotopic (exact) mass is 599 g/mol. The molecule has 11 nitrogen and oxygen atoms in total. The number of carbonyl (C=O) groups excluding carboxylic acids is 1. The van der Waals surface area contributed by atoms with Gasteiger partial charge in [-0.2, -0.15) is 5.10 Å². The van der Waals surface area contributed by atoms with Crippen LogP contribution in [0.3, 0.4) is 0 Å². The zero-order chi connectivity index (χ0) is 31.1. The largest absolute Gasteiger partial charge is 0.400 e. The van der Waals surface area contributed by atoms with Crippen LogP contribution in [0.2, 0.25) is 0 Å².